The monoisotopic (exact) mass is 516 g/mol. The number of rotatable bonds is 8. The Morgan fingerprint density at radius 1 is 1.14 bits per heavy atom. The fourth-order valence-electron chi connectivity index (χ4n) is 4.51. The molecule has 37 heavy (non-hydrogen) atoms. The highest BCUT2D eigenvalue weighted by atomic mass is 32.2. The standard InChI is InChI=1S/C29H29FN4O2S/c1-20-16-21(19-37-25-7-3-2-4-8-25)9-14-26(20)31-29(35)23-6-5-15-34(17-23)18-27-32-28(33-36-27)22-10-12-24(30)13-11-22/h2-4,7-14,16,23H,5-6,15,17-19H2,1H3,(H,31,35). The highest BCUT2D eigenvalue weighted by molar-refractivity contribution is 7.98. The predicted molar refractivity (Wildman–Crippen MR) is 144 cm³/mol. The molecule has 3 aromatic carbocycles. The zero-order valence-corrected chi connectivity index (χ0v) is 21.5. The normalized spacial score (nSPS) is 16.0. The van der Waals surface area contributed by atoms with Crippen LogP contribution in [0, 0.1) is 18.7 Å². The topological polar surface area (TPSA) is 71.3 Å². The Hall–Kier alpha value is -3.49. The molecule has 0 bridgehead atoms. The second-order valence-electron chi connectivity index (χ2n) is 9.33. The summed E-state index contributed by atoms with van der Waals surface area (Å²) in [4.78, 5) is 21.0. The maximum Gasteiger partial charge on any atom is 0.241 e. The molecule has 1 saturated heterocycles. The van der Waals surface area contributed by atoms with Gasteiger partial charge in [-0.15, -0.1) is 11.8 Å². The number of aromatic nitrogens is 2. The molecule has 1 aliphatic rings. The van der Waals surface area contributed by atoms with Crippen LogP contribution in [0.4, 0.5) is 10.1 Å². The first-order valence-corrected chi connectivity index (χ1v) is 13.4. The number of hydrogen-bond acceptors (Lipinski definition) is 6. The lowest BCUT2D eigenvalue weighted by Crippen LogP contribution is -2.40. The van der Waals surface area contributed by atoms with Crippen LogP contribution in [-0.4, -0.2) is 34.0 Å². The Balaban J connectivity index is 1.15. The Morgan fingerprint density at radius 3 is 2.73 bits per heavy atom. The van der Waals surface area contributed by atoms with Gasteiger partial charge in [-0.2, -0.15) is 4.98 Å². The summed E-state index contributed by atoms with van der Waals surface area (Å²) in [6.45, 7) is 4.01. The number of benzene rings is 3. The van der Waals surface area contributed by atoms with Crippen molar-refractivity contribution >= 4 is 23.4 Å². The Bertz CT molecular complexity index is 1340. The van der Waals surface area contributed by atoms with E-state index >= 15 is 0 Å². The summed E-state index contributed by atoms with van der Waals surface area (Å²) in [5.74, 6) is 1.42. The minimum atomic E-state index is -0.307. The number of halogens is 1. The van der Waals surface area contributed by atoms with Gasteiger partial charge in [-0.05, 0) is 79.9 Å². The number of thioether (sulfide) groups is 1. The fourth-order valence-corrected chi connectivity index (χ4v) is 5.38. The van der Waals surface area contributed by atoms with Crippen LogP contribution in [-0.2, 0) is 17.1 Å². The summed E-state index contributed by atoms with van der Waals surface area (Å²) in [7, 11) is 0. The third-order valence-electron chi connectivity index (χ3n) is 6.50. The van der Waals surface area contributed by atoms with Crippen molar-refractivity contribution in [1.82, 2.24) is 15.0 Å². The number of piperidine rings is 1. The van der Waals surface area contributed by atoms with Crippen LogP contribution in [0.15, 0.2) is 82.2 Å². The van der Waals surface area contributed by atoms with Gasteiger partial charge in [0.25, 0.3) is 0 Å². The van der Waals surface area contributed by atoms with E-state index < -0.39 is 0 Å². The van der Waals surface area contributed by atoms with Crippen LogP contribution in [0.3, 0.4) is 0 Å². The summed E-state index contributed by atoms with van der Waals surface area (Å²) in [5.41, 5.74) is 3.85. The Kier molecular flexibility index (Phi) is 7.96. The second-order valence-corrected chi connectivity index (χ2v) is 10.4. The molecule has 0 spiro atoms. The van der Waals surface area contributed by atoms with Gasteiger partial charge in [-0.25, -0.2) is 4.39 Å². The summed E-state index contributed by atoms with van der Waals surface area (Å²) in [6, 6.07) is 22.6. The molecule has 1 fully saturated rings. The molecule has 1 aromatic heterocycles. The van der Waals surface area contributed by atoms with Crippen molar-refractivity contribution in [2.45, 2.75) is 37.0 Å². The average molecular weight is 517 g/mol. The number of anilines is 1. The van der Waals surface area contributed by atoms with Crippen molar-refractivity contribution in [3.63, 3.8) is 0 Å². The quantitative estimate of drug-likeness (QED) is 0.276. The van der Waals surface area contributed by atoms with Crippen molar-refractivity contribution in [1.29, 1.82) is 0 Å². The highest BCUT2D eigenvalue weighted by Crippen LogP contribution is 2.26. The molecule has 6 nitrogen and oxygen atoms in total. The molecule has 190 valence electrons. The number of carbonyl (C=O) groups excluding carboxylic acids is 1. The molecule has 1 aliphatic heterocycles. The first kappa shape index (κ1) is 25.2. The van der Waals surface area contributed by atoms with Crippen LogP contribution >= 0.6 is 11.8 Å². The van der Waals surface area contributed by atoms with E-state index in [4.69, 9.17) is 4.52 Å². The SMILES string of the molecule is Cc1cc(CSc2ccccc2)ccc1NC(=O)C1CCCN(Cc2nc(-c3ccc(F)cc3)no2)C1. The average Bonchev–Trinajstić information content (AvgIpc) is 3.38. The number of carbonyl (C=O) groups is 1. The van der Waals surface area contributed by atoms with Gasteiger partial charge in [0.05, 0.1) is 12.5 Å². The number of nitrogens with zero attached hydrogens (tertiary/aromatic N) is 3. The van der Waals surface area contributed by atoms with Gasteiger partial charge < -0.3 is 9.84 Å². The lowest BCUT2D eigenvalue weighted by Gasteiger charge is -2.31. The van der Waals surface area contributed by atoms with Crippen LogP contribution in [0.5, 0.6) is 0 Å². The Labute approximate surface area is 220 Å². The smallest absolute Gasteiger partial charge is 0.241 e. The molecule has 0 saturated carbocycles. The molecule has 2 heterocycles. The summed E-state index contributed by atoms with van der Waals surface area (Å²) in [6.07, 6.45) is 1.77. The Morgan fingerprint density at radius 2 is 1.95 bits per heavy atom. The van der Waals surface area contributed by atoms with E-state index in [1.165, 1.54) is 22.6 Å². The first-order chi connectivity index (χ1) is 18.0. The van der Waals surface area contributed by atoms with Crippen molar-refractivity contribution in [2.75, 3.05) is 18.4 Å². The van der Waals surface area contributed by atoms with Crippen LogP contribution < -0.4 is 5.32 Å². The lowest BCUT2D eigenvalue weighted by molar-refractivity contribution is -0.121. The maximum absolute atomic E-state index is 13.2. The molecule has 8 heteroatoms. The minimum Gasteiger partial charge on any atom is -0.338 e. The van der Waals surface area contributed by atoms with Crippen molar-refractivity contribution in [2.24, 2.45) is 5.92 Å². The molecule has 1 atom stereocenters. The number of aryl methyl sites for hydroxylation is 1. The maximum atomic E-state index is 13.2. The van der Waals surface area contributed by atoms with Crippen LogP contribution in [0.2, 0.25) is 0 Å². The summed E-state index contributed by atoms with van der Waals surface area (Å²) in [5, 5.41) is 7.16. The van der Waals surface area contributed by atoms with Crippen molar-refractivity contribution < 1.29 is 13.7 Å². The number of nitrogens with one attached hydrogen (secondary N) is 1. The van der Waals surface area contributed by atoms with Crippen molar-refractivity contribution in [3.05, 3.63) is 95.6 Å². The van der Waals surface area contributed by atoms with Gasteiger partial charge in [0.15, 0.2) is 0 Å². The molecule has 1 amide bonds. The van der Waals surface area contributed by atoms with Gasteiger partial charge in [0.1, 0.15) is 5.82 Å². The molecular weight excluding hydrogens is 487 g/mol. The lowest BCUT2D eigenvalue weighted by atomic mass is 9.96. The number of hydrogen-bond donors (Lipinski definition) is 1. The van der Waals surface area contributed by atoms with E-state index in [0.29, 0.717) is 30.4 Å². The van der Waals surface area contributed by atoms with Gasteiger partial charge in [0, 0.05) is 28.4 Å². The molecule has 5 rings (SSSR count). The molecule has 0 radical (unpaired) electrons. The largest absolute Gasteiger partial charge is 0.338 e. The van der Waals surface area contributed by atoms with Gasteiger partial charge >= 0.3 is 0 Å². The van der Waals surface area contributed by atoms with Gasteiger partial charge in [-0.3, -0.25) is 9.69 Å². The van der Waals surface area contributed by atoms with E-state index in [9.17, 15) is 9.18 Å². The molecule has 1 unspecified atom stereocenters. The van der Waals surface area contributed by atoms with Crippen LogP contribution in [0.1, 0.15) is 29.9 Å². The van der Waals surface area contributed by atoms with Gasteiger partial charge in [-0.1, -0.05) is 35.5 Å². The van der Waals surface area contributed by atoms with Crippen LogP contribution in [0.25, 0.3) is 11.4 Å². The third-order valence-corrected chi connectivity index (χ3v) is 7.59. The zero-order valence-electron chi connectivity index (χ0n) is 20.7. The predicted octanol–water partition coefficient (Wildman–Crippen LogP) is 6.33. The highest BCUT2D eigenvalue weighted by Gasteiger charge is 2.27. The summed E-state index contributed by atoms with van der Waals surface area (Å²) >= 11 is 1.80. The summed E-state index contributed by atoms with van der Waals surface area (Å²) < 4.78 is 18.6. The first-order valence-electron chi connectivity index (χ1n) is 12.4. The fraction of sp³-hybridized carbons (Fsp3) is 0.276. The number of likely N-dealkylation sites (tertiary alicyclic amines) is 1. The van der Waals surface area contributed by atoms with Crippen molar-refractivity contribution in [3.8, 4) is 11.4 Å². The van der Waals surface area contributed by atoms with E-state index in [0.717, 1.165) is 36.4 Å². The molecule has 0 aliphatic carbocycles. The minimum absolute atomic E-state index is 0.0386. The molecular formula is C29H29FN4O2S. The second kappa shape index (κ2) is 11.7. The number of amides is 1. The van der Waals surface area contributed by atoms with E-state index in [1.807, 2.05) is 31.2 Å². The van der Waals surface area contributed by atoms with E-state index in [1.54, 1.807) is 23.9 Å². The van der Waals surface area contributed by atoms with E-state index in [2.05, 4.69) is 44.6 Å². The third kappa shape index (κ3) is 6.64. The molecule has 1 N–H and O–H groups in total. The zero-order chi connectivity index (χ0) is 25.6. The van der Waals surface area contributed by atoms with Gasteiger partial charge in [0.2, 0.25) is 17.6 Å². The van der Waals surface area contributed by atoms with E-state index in [-0.39, 0.29) is 17.6 Å². The molecule has 4 aromatic rings.